The molecule has 2 heterocycles. The Kier molecular flexibility index (Phi) is 5.02. The lowest BCUT2D eigenvalue weighted by Gasteiger charge is -2.22. The average molecular weight is 372 g/mol. The van der Waals surface area contributed by atoms with Gasteiger partial charge in [0.15, 0.2) is 0 Å². The van der Waals surface area contributed by atoms with Crippen LogP contribution in [0.1, 0.15) is 28.9 Å². The third-order valence-electron chi connectivity index (χ3n) is 4.18. The number of ether oxygens (including phenoxy) is 1. The molecule has 0 fully saturated rings. The van der Waals surface area contributed by atoms with E-state index < -0.39 is 17.9 Å². The molecule has 3 N–H and O–H groups in total. The number of rotatable bonds is 3. The van der Waals surface area contributed by atoms with Crippen molar-refractivity contribution in [3.63, 3.8) is 0 Å². The van der Waals surface area contributed by atoms with Gasteiger partial charge >= 0.3 is 12.1 Å². The van der Waals surface area contributed by atoms with Crippen LogP contribution in [0.25, 0.3) is 16.8 Å². The predicted molar refractivity (Wildman–Crippen MR) is 95.1 cm³/mol. The van der Waals surface area contributed by atoms with E-state index in [0.29, 0.717) is 36.2 Å². The number of amides is 1. The maximum absolute atomic E-state index is 14.2. The number of carbonyl (C=O) groups is 2. The van der Waals surface area contributed by atoms with Crippen molar-refractivity contribution in [1.29, 1.82) is 0 Å². The van der Waals surface area contributed by atoms with Gasteiger partial charge in [-0.3, -0.25) is 4.90 Å². The third kappa shape index (κ3) is 3.71. The number of hydrogen-bond acceptors (Lipinski definition) is 6. The molecule has 0 bridgehead atoms. The Balaban J connectivity index is 2.00. The fourth-order valence-electron chi connectivity index (χ4n) is 2.81. The molecule has 0 saturated heterocycles. The van der Waals surface area contributed by atoms with E-state index in [9.17, 15) is 14.0 Å². The zero-order valence-electron chi connectivity index (χ0n) is 14.5. The number of nitrogens with two attached hydrogens (primary N) is 1. The van der Waals surface area contributed by atoms with E-state index in [2.05, 4.69) is 14.7 Å². The Morgan fingerprint density at radius 1 is 1.37 bits per heavy atom. The highest BCUT2D eigenvalue weighted by Gasteiger charge is 2.19. The number of benzene rings is 1. The van der Waals surface area contributed by atoms with Crippen LogP contribution in [-0.4, -0.2) is 45.7 Å². The molecule has 27 heavy (non-hydrogen) atoms. The summed E-state index contributed by atoms with van der Waals surface area (Å²) in [7, 11) is 1.17. The Morgan fingerprint density at radius 2 is 2.15 bits per heavy atom. The molecule has 0 saturated carbocycles. The molecule has 8 nitrogen and oxygen atoms in total. The second kappa shape index (κ2) is 7.40. The monoisotopic (exact) mass is 372 g/mol. The number of nitrogen functional groups attached to an aromatic ring is 1. The highest BCUT2D eigenvalue weighted by atomic mass is 19.1. The van der Waals surface area contributed by atoms with Gasteiger partial charge in [0.1, 0.15) is 17.3 Å². The number of aromatic nitrogens is 2. The molecule has 1 aromatic heterocycles. The van der Waals surface area contributed by atoms with Crippen LogP contribution >= 0.6 is 0 Å². The summed E-state index contributed by atoms with van der Waals surface area (Å²) in [6.07, 6.45) is 3.21. The molecule has 0 unspecified atom stereocenters. The molecule has 1 aromatic carbocycles. The van der Waals surface area contributed by atoms with Crippen LogP contribution in [0.2, 0.25) is 0 Å². The summed E-state index contributed by atoms with van der Waals surface area (Å²) in [4.78, 5) is 32.4. The van der Waals surface area contributed by atoms with Gasteiger partial charge in [-0.25, -0.2) is 23.9 Å². The number of methoxy groups -OCH3 is 1. The zero-order valence-corrected chi connectivity index (χ0v) is 14.5. The topological polar surface area (TPSA) is 119 Å². The van der Waals surface area contributed by atoms with Crippen molar-refractivity contribution in [2.24, 2.45) is 0 Å². The number of anilines is 1. The van der Waals surface area contributed by atoms with E-state index in [0.717, 1.165) is 6.07 Å². The summed E-state index contributed by atoms with van der Waals surface area (Å²) < 4.78 is 18.7. The Bertz CT molecular complexity index is 945. The molecule has 140 valence electrons. The molecular formula is C18H17FN4O4. The number of allylic oxidation sites excluding steroid dienone is 1. The molecular weight excluding hydrogens is 355 g/mol. The maximum atomic E-state index is 14.2. The van der Waals surface area contributed by atoms with Crippen LogP contribution in [0.15, 0.2) is 30.6 Å². The van der Waals surface area contributed by atoms with Gasteiger partial charge in [0.25, 0.3) is 0 Å². The smallest absolute Gasteiger partial charge is 0.411 e. The molecule has 2 aromatic rings. The van der Waals surface area contributed by atoms with Crippen molar-refractivity contribution < 1.29 is 23.8 Å². The Labute approximate surface area is 154 Å². The maximum Gasteiger partial charge on any atom is 0.411 e. The molecule has 3 rings (SSSR count). The van der Waals surface area contributed by atoms with Gasteiger partial charge < -0.3 is 15.6 Å². The van der Waals surface area contributed by atoms with E-state index in [-0.39, 0.29) is 17.1 Å². The van der Waals surface area contributed by atoms with E-state index in [1.165, 1.54) is 36.5 Å². The summed E-state index contributed by atoms with van der Waals surface area (Å²) in [5.41, 5.74) is 7.44. The summed E-state index contributed by atoms with van der Waals surface area (Å²) in [6, 6.07) is 3.92. The zero-order chi connectivity index (χ0) is 19.6. The lowest BCUT2D eigenvalue weighted by atomic mass is 10.0. The molecule has 0 spiro atoms. The van der Waals surface area contributed by atoms with E-state index in [1.807, 2.05) is 0 Å². The molecule has 9 heteroatoms. The second-order valence-electron chi connectivity index (χ2n) is 5.91. The van der Waals surface area contributed by atoms with Crippen LogP contribution in [-0.2, 0) is 4.74 Å². The van der Waals surface area contributed by atoms with Gasteiger partial charge in [0.2, 0.25) is 0 Å². The van der Waals surface area contributed by atoms with Gasteiger partial charge in [-0.05, 0) is 30.5 Å². The number of carboxylic acid groups (broad SMARTS) is 1. The first-order valence-electron chi connectivity index (χ1n) is 8.12. The number of halogens is 1. The standard InChI is InChI=1S/C18H17FN4O4/c1-27-17(24)12-5-4-10(7-13(12)19)15-16(20)21-8-14(22-15)11-3-2-6-23(9-11)18(25)26/h4-5,7-9H,2-3,6H2,1H3,(H2,20,21)(H,25,26). The van der Waals surface area contributed by atoms with Crippen molar-refractivity contribution in [2.75, 3.05) is 19.4 Å². The van der Waals surface area contributed by atoms with E-state index in [1.54, 1.807) is 0 Å². The molecule has 0 aliphatic carbocycles. The summed E-state index contributed by atoms with van der Waals surface area (Å²) in [5, 5.41) is 9.15. The van der Waals surface area contributed by atoms with Crippen LogP contribution in [0, 0.1) is 5.82 Å². The number of hydrogen-bond donors (Lipinski definition) is 2. The number of nitrogens with zero attached hydrogens (tertiary/aromatic N) is 3. The summed E-state index contributed by atoms with van der Waals surface area (Å²) in [6.45, 7) is 0.411. The van der Waals surface area contributed by atoms with Crippen LogP contribution < -0.4 is 5.73 Å². The predicted octanol–water partition coefficient (Wildman–Crippen LogP) is 2.77. The van der Waals surface area contributed by atoms with Crippen molar-refractivity contribution in [3.8, 4) is 11.3 Å². The van der Waals surface area contributed by atoms with Crippen molar-refractivity contribution in [1.82, 2.24) is 14.9 Å². The number of esters is 1. The average Bonchev–Trinajstić information content (AvgIpc) is 2.67. The minimum Gasteiger partial charge on any atom is -0.465 e. The van der Waals surface area contributed by atoms with Gasteiger partial charge in [-0.15, -0.1) is 0 Å². The van der Waals surface area contributed by atoms with Crippen molar-refractivity contribution >= 4 is 23.5 Å². The van der Waals surface area contributed by atoms with Gasteiger partial charge in [-0.1, -0.05) is 6.07 Å². The van der Waals surface area contributed by atoms with Crippen LogP contribution in [0.4, 0.5) is 15.0 Å². The fraction of sp³-hybridized carbons (Fsp3) is 0.222. The summed E-state index contributed by atoms with van der Waals surface area (Å²) in [5.74, 6) is -1.46. The lowest BCUT2D eigenvalue weighted by Crippen LogP contribution is -2.28. The van der Waals surface area contributed by atoms with Crippen molar-refractivity contribution in [3.05, 3.63) is 47.7 Å². The van der Waals surface area contributed by atoms with Crippen LogP contribution in [0.5, 0.6) is 0 Å². The largest absolute Gasteiger partial charge is 0.465 e. The minimum atomic E-state index is -1.05. The van der Waals surface area contributed by atoms with Gasteiger partial charge in [0, 0.05) is 18.3 Å². The SMILES string of the molecule is COC(=O)c1ccc(-c2nc(C3=CN(C(=O)O)CCC3)cnc2N)cc1F. The third-order valence-corrected chi connectivity index (χ3v) is 4.18. The van der Waals surface area contributed by atoms with E-state index in [4.69, 9.17) is 10.8 Å². The first-order chi connectivity index (χ1) is 12.9. The normalized spacial score (nSPS) is 13.9. The minimum absolute atomic E-state index is 0.0930. The van der Waals surface area contributed by atoms with E-state index >= 15 is 0 Å². The fourth-order valence-corrected chi connectivity index (χ4v) is 2.81. The Hall–Kier alpha value is -3.49. The summed E-state index contributed by atoms with van der Waals surface area (Å²) >= 11 is 0. The van der Waals surface area contributed by atoms with Crippen LogP contribution in [0.3, 0.4) is 0 Å². The highest BCUT2D eigenvalue weighted by Crippen LogP contribution is 2.29. The first kappa shape index (κ1) is 18.3. The highest BCUT2D eigenvalue weighted by molar-refractivity contribution is 5.90. The van der Waals surface area contributed by atoms with Gasteiger partial charge in [0.05, 0.1) is 24.6 Å². The number of carbonyl (C=O) groups excluding carboxylic acids is 1. The lowest BCUT2D eigenvalue weighted by molar-refractivity contribution is 0.0595. The second-order valence-corrected chi connectivity index (χ2v) is 5.91. The molecule has 0 radical (unpaired) electrons. The molecule has 1 amide bonds. The Morgan fingerprint density at radius 3 is 2.81 bits per heavy atom. The van der Waals surface area contributed by atoms with Crippen molar-refractivity contribution in [2.45, 2.75) is 12.8 Å². The molecule has 0 atom stereocenters. The van der Waals surface area contributed by atoms with Gasteiger partial charge in [-0.2, -0.15) is 0 Å². The molecule has 1 aliphatic heterocycles. The quantitative estimate of drug-likeness (QED) is 0.795. The first-order valence-corrected chi connectivity index (χ1v) is 8.12. The molecule has 1 aliphatic rings.